The maximum Gasteiger partial charge on any atom is 0.321 e. The van der Waals surface area contributed by atoms with Gasteiger partial charge in [0.05, 0.1) is 16.1 Å². The number of nitrogens with one attached hydrogen (secondary N) is 1. The molecule has 4 amide bonds. The number of carbonyl (C=O) groups excluding carboxylic acids is 3. The smallest absolute Gasteiger partial charge is 0.321 e. The van der Waals surface area contributed by atoms with Crippen molar-refractivity contribution in [1.29, 1.82) is 0 Å². The Hall–Kier alpha value is -3.36. The van der Waals surface area contributed by atoms with Gasteiger partial charge in [-0.15, -0.1) is 11.3 Å². The Labute approximate surface area is 207 Å². The molecule has 0 saturated carbocycles. The number of thiophene rings is 1. The van der Waals surface area contributed by atoms with E-state index in [1.807, 2.05) is 17.5 Å². The first-order valence-corrected chi connectivity index (χ1v) is 12.2. The van der Waals surface area contributed by atoms with Gasteiger partial charge in [-0.25, -0.2) is 4.79 Å². The van der Waals surface area contributed by atoms with Crippen LogP contribution in [-0.4, -0.2) is 60.9 Å². The van der Waals surface area contributed by atoms with Crippen molar-refractivity contribution >= 4 is 52.2 Å². The van der Waals surface area contributed by atoms with E-state index >= 15 is 0 Å². The average Bonchev–Trinajstić information content (AvgIpc) is 3.27. The van der Waals surface area contributed by atoms with E-state index in [4.69, 9.17) is 11.6 Å². The summed E-state index contributed by atoms with van der Waals surface area (Å²) >= 11 is 7.37. The Morgan fingerprint density at radius 1 is 0.941 bits per heavy atom. The monoisotopic (exact) mass is 496 g/mol. The Bertz CT molecular complexity index is 1180. The minimum Gasteiger partial charge on any atom is -0.337 e. The summed E-state index contributed by atoms with van der Waals surface area (Å²) in [7, 11) is 1.68. The van der Waals surface area contributed by atoms with Gasteiger partial charge in [0.15, 0.2) is 0 Å². The molecule has 0 unspecified atom stereocenters. The lowest BCUT2D eigenvalue weighted by molar-refractivity contribution is 0.0763. The van der Waals surface area contributed by atoms with Gasteiger partial charge >= 0.3 is 6.03 Å². The Morgan fingerprint density at radius 3 is 2.47 bits per heavy atom. The zero-order valence-corrected chi connectivity index (χ0v) is 20.3. The van der Waals surface area contributed by atoms with Gasteiger partial charge in [-0.05, 0) is 48.2 Å². The third-order valence-corrected chi connectivity index (χ3v) is 6.77. The highest BCUT2D eigenvalue weighted by Crippen LogP contribution is 2.24. The van der Waals surface area contributed by atoms with Crippen LogP contribution in [0, 0.1) is 0 Å². The van der Waals surface area contributed by atoms with Crippen LogP contribution < -0.4 is 10.2 Å². The van der Waals surface area contributed by atoms with Crippen molar-refractivity contribution in [2.45, 2.75) is 6.42 Å². The fourth-order valence-corrected chi connectivity index (χ4v) is 4.77. The average molecular weight is 497 g/mol. The number of hydrogen-bond acceptors (Lipinski definition) is 4. The summed E-state index contributed by atoms with van der Waals surface area (Å²) < 4.78 is 0. The maximum absolute atomic E-state index is 13.4. The van der Waals surface area contributed by atoms with E-state index in [1.165, 1.54) is 16.2 Å². The van der Waals surface area contributed by atoms with Crippen LogP contribution in [0.5, 0.6) is 0 Å². The van der Waals surface area contributed by atoms with Gasteiger partial charge in [-0.3, -0.25) is 9.59 Å². The van der Waals surface area contributed by atoms with Crippen LogP contribution in [0.4, 0.5) is 16.2 Å². The molecule has 4 rings (SSSR count). The van der Waals surface area contributed by atoms with E-state index in [1.54, 1.807) is 65.4 Å². The van der Waals surface area contributed by atoms with Gasteiger partial charge in [-0.2, -0.15) is 0 Å². The number of rotatable bonds is 4. The van der Waals surface area contributed by atoms with Crippen molar-refractivity contribution in [3.05, 3.63) is 81.5 Å². The highest BCUT2D eigenvalue weighted by atomic mass is 35.5. The first kappa shape index (κ1) is 23.8. The van der Waals surface area contributed by atoms with Crippen molar-refractivity contribution in [3.63, 3.8) is 0 Å². The Balaban J connectivity index is 1.44. The molecule has 34 heavy (non-hydrogen) atoms. The van der Waals surface area contributed by atoms with Crippen LogP contribution in [0.3, 0.4) is 0 Å². The number of carbonyl (C=O) groups is 3. The summed E-state index contributed by atoms with van der Waals surface area (Å²) in [5.74, 6) is -0.312. The molecule has 0 radical (unpaired) electrons. The van der Waals surface area contributed by atoms with Gasteiger partial charge in [0, 0.05) is 43.9 Å². The second-order valence-corrected chi connectivity index (χ2v) is 9.32. The van der Waals surface area contributed by atoms with E-state index in [0.717, 1.165) is 0 Å². The van der Waals surface area contributed by atoms with E-state index in [0.29, 0.717) is 59.4 Å². The van der Waals surface area contributed by atoms with Crippen LogP contribution in [0.25, 0.3) is 0 Å². The summed E-state index contributed by atoms with van der Waals surface area (Å²) in [6, 6.07) is 17.5. The van der Waals surface area contributed by atoms with Crippen LogP contribution in [0.1, 0.15) is 26.5 Å². The lowest BCUT2D eigenvalue weighted by atomic mass is 10.1. The van der Waals surface area contributed by atoms with Crippen molar-refractivity contribution in [2.75, 3.05) is 43.4 Å². The second-order valence-electron chi connectivity index (χ2n) is 7.93. The zero-order chi connectivity index (χ0) is 24.1. The van der Waals surface area contributed by atoms with E-state index in [2.05, 4.69) is 5.32 Å². The number of amides is 4. The topological polar surface area (TPSA) is 73.0 Å². The number of anilines is 2. The molecular formula is C25H25ClN4O3S. The molecule has 3 aromatic rings. The Morgan fingerprint density at radius 2 is 1.71 bits per heavy atom. The minimum atomic E-state index is -0.224. The van der Waals surface area contributed by atoms with Crippen molar-refractivity contribution < 1.29 is 14.4 Å². The van der Waals surface area contributed by atoms with E-state index in [9.17, 15) is 14.4 Å². The van der Waals surface area contributed by atoms with Crippen molar-refractivity contribution in [1.82, 2.24) is 9.80 Å². The second kappa shape index (κ2) is 10.7. The quantitative estimate of drug-likeness (QED) is 0.548. The fraction of sp³-hybridized carbons (Fsp3) is 0.240. The predicted octanol–water partition coefficient (Wildman–Crippen LogP) is 5.06. The predicted molar refractivity (Wildman–Crippen MR) is 136 cm³/mol. The summed E-state index contributed by atoms with van der Waals surface area (Å²) in [6.07, 6.45) is 0.654. The molecule has 9 heteroatoms. The molecule has 0 spiro atoms. The largest absolute Gasteiger partial charge is 0.337 e. The lowest BCUT2D eigenvalue weighted by Crippen LogP contribution is -2.39. The molecular weight excluding hydrogens is 472 g/mol. The molecule has 1 N–H and O–H groups in total. The fourth-order valence-electron chi connectivity index (χ4n) is 3.88. The standard InChI is InChI=1S/C25H25ClN4O3S/c1-28(24(32)22-11-5-16-34-22)21-10-3-2-9-20(21)23(31)29-12-6-13-30(15-14-29)25(33)27-19-8-4-7-18(26)17-19/h2-5,7-11,16-17H,6,12-15H2,1H3,(H,27,33). The molecule has 0 aliphatic carbocycles. The first-order valence-electron chi connectivity index (χ1n) is 11.0. The van der Waals surface area contributed by atoms with Gasteiger partial charge in [-0.1, -0.05) is 35.9 Å². The SMILES string of the molecule is CN(C(=O)c1cccs1)c1ccccc1C(=O)N1CCCN(C(=O)Nc2cccc(Cl)c2)CC1. The number of urea groups is 1. The lowest BCUT2D eigenvalue weighted by Gasteiger charge is -2.25. The number of benzene rings is 2. The summed E-state index contributed by atoms with van der Waals surface area (Å²) in [5, 5.41) is 5.26. The van der Waals surface area contributed by atoms with Gasteiger partial charge in [0.1, 0.15) is 0 Å². The van der Waals surface area contributed by atoms with Crippen LogP contribution in [-0.2, 0) is 0 Å². The first-order chi connectivity index (χ1) is 16.4. The molecule has 0 atom stereocenters. The molecule has 7 nitrogen and oxygen atoms in total. The third-order valence-electron chi connectivity index (χ3n) is 5.68. The van der Waals surface area contributed by atoms with Gasteiger partial charge in [0.25, 0.3) is 11.8 Å². The van der Waals surface area contributed by atoms with Gasteiger partial charge < -0.3 is 20.0 Å². The normalized spacial score (nSPS) is 13.8. The molecule has 1 aliphatic heterocycles. The molecule has 1 aliphatic rings. The molecule has 1 saturated heterocycles. The molecule has 1 fully saturated rings. The van der Waals surface area contributed by atoms with E-state index < -0.39 is 0 Å². The molecule has 176 valence electrons. The number of halogens is 1. The maximum atomic E-state index is 13.4. The van der Waals surface area contributed by atoms with Gasteiger partial charge in [0.2, 0.25) is 0 Å². The van der Waals surface area contributed by atoms with Crippen molar-refractivity contribution in [3.8, 4) is 0 Å². The number of nitrogens with zero attached hydrogens (tertiary/aromatic N) is 3. The van der Waals surface area contributed by atoms with E-state index in [-0.39, 0.29) is 17.8 Å². The zero-order valence-electron chi connectivity index (χ0n) is 18.7. The third kappa shape index (κ3) is 5.40. The highest BCUT2D eigenvalue weighted by molar-refractivity contribution is 7.12. The molecule has 1 aromatic heterocycles. The minimum absolute atomic E-state index is 0.154. The van der Waals surface area contributed by atoms with Crippen LogP contribution in [0.2, 0.25) is 5.02 Å². The Kier molecular flexibility index (Phi) is 7.49. The molecule has 2 aromatic carbocycles. The van der Waals surface area contributed by atoms with Crippen LogP contribution in [0.15, 0.2) is 66.0 Å². The summed E-state index contributed by atoms with van der Waals surface area (Å²) in [6.45, 7) is 1.87. The number of para-hydroxylation sites is 1. The molecule has 2 heterocycles. The molecule has 0 bridgehead atoms. The van der Waals surface area contributed by atoms with Crippen molar-refractivity contribution in [2.24, 2.45) is 0 Å². The summed E-state index contributed by atoms with van der Waals surface area (Å²) in [4.78, 5) is 44.6. The highest BCUT2D eigenvalue weighted by Gasteiger charge is 2.26. The van der Waals surface area contributed by atoms with Crippen LogP contribution >= 0.6 is 22.9 Å². The number of hydrogen-bond donors (Lipinski definition) is 1. The summed E-state index contributed by atoms with van der Waals surface area (Å²) in [5.41, 5.74) is 1.65.